The van der Waals surface area contributed by atoms with E-state index in [2.05, 4.69) is 20.9 Å². The van der Waals surface area contributed by atoms with Crippen molar-refractivity contribution in [3.63, 3.8) is 0 Å². The van der Waals surface area contributed by atoms with Crippen LogP contribution in [0.4, 0.5) is 0 Å². The molecule has 2 heterocycles. The molecule has 0 aliphatic carbocycles. The van der Waals surface area contributed by atoms with E-state index in [1.54, 1.807) is 23.6 Å². The lowest BCUT2D eigenvalue weighted by molar-refractivity contribution is -0.143. The second kappa shape index (κ2) is 9.07. The highest BCUT2D eigenvalue weighted by molar-refractivity contribution is 9.10. The van der Waals surface area contributed by atoms with Gasteiger partial charge in [0.05, 0.1) is 23.4 Å². The number of amides is 1. The number of furan rings is 1. The van der Waals surface area contributed by atoms with Crippen LogP contribution in [0.3, 0.4) is 0 Å². The number of aromatic nitrogens is 1. The van der Waals surface area contributed by atoms with E-state index in [1.165, 1.54) is 11.3 Å². The van der Waals surface area contributed by atoms with Crippen molar-refractivity contribution in [3.05, 3.63) is 57.5 Å². The van der Waals surface area contributed by atoms with Crippen LogP contribution in [0.15, 0.2) is 56.3 Å². The molecule has 0 bridgehead atoms. The van der Waals surface area contributed by atoms with E-state index in [0.29, 0.717) is 22.7 Å². The lowest BCUT2D eigenvalue weighted by Gasteiger charge is -2.05. The molecule has 9 heteroatoms. The predicted molar refractivity (Wildman–Crippen MR) is 121 cm³/mol. The van der Waals surface area contributed by atoms with Gasteiger partial charge in [0.15, 0.2) is 21.9 Å². The fraction of sp³-hybridized carbons (Fsp3) is 0.227. The number of carbonyl (C=O) groups is 2. The summed E-state index contributed by atoms with van der Waals surface area (Å²) in [4.78, 5) is 29.7. The number of nitrogens with zero attached hydrogens (tertiary/aromatic N) is 2. The van der Waals surface area contributed by atoms with Crippen LogP contribution >= 0.6 is 27.3 Å². The van der Waals surface area contributed by atoms with Gasteiger partial charge in [-0.1, -0.05) is 39.4 Å². The van der Waals surface area contributed by atoms with Gasteiger partial charge in [0.25, 0.3) is 0 Å². The Morgan fingerprint density at radius 3 is 2.77 bits per heavy atom. The first-order valence-corrected chi connectivity index (χ1v) is 11.3. The van der Waals surface area contributed by atoms with Gasteiger partial charge < -0.3 is 18.5 Å². The summed E-state index contributed by atoms with van der Waals surface area (Å²) in [6.45, 7) is 4.35. The SMILES string of the molecule is CCOC(=O)Cn1c(=NC(=O)c2cc3cccc(OCC)c3o2)sc2cc(Br)ccc21. The maximum atomic E-state index is 12.9. The number of halogens is 1. The normalized spacial score (nSPS) is 11.9. The van der Waals surface area contributed by atoms with Gasteiger partial charge in [0.2, 0.25) is 0 Å². The zero-order chi connectivity index (χ0) is 22.0. The number of rotatable bonds is 6. The van der Waals surface area contributed by atoms with E-state index in [9.17, 15) is 9.59 Å². The summed E-state index contributed by atoms with van der Waals surface area (Å²) in [5, 5.41) is 0.754. The Morgan fingerprint density at radius 2 is 2.00 bits per heavy atom. The van der Waals surface area contributed by atoms with Gasteiger partial charge in [-0.2, -0.15) is 4.99 Å². The highest BCUT2D eigenvalue weighted by Gasteiger charge is 2.17. The van der Waals surface area contributed by atoms with Gasteiger partial charge in [-0.05, 0) is 44.2 Å². The molecule has 0 saturated heterocycles. The first-order valence-electron chi connectivity index (χ1n) is 9.69. The molecular formula is C22H19BrN2O5S. The molecule has 31 heavy (non-hydrogen) atoms. The molecule has 0 radical (unpaired) electrons. The number of benzene rings is 2. The van der Waals surface area contributed by atoms with Crippen molar-refractivity contribution in [3.8, 4) is 5.75 Å². The molecule has 0 N–H and O–H groups in total. The average molecular weight is 503 g/mol. The zero-order valence-corrected chi connectivity index (χ0v) is 19.3. The first-order chi connectivity index (χ1) is 15.0. The van der Waals surface area contributed by atoms with Crippen molar-refractivity contribution in [2.75, 3.05) is 13.2 Å². The number of thiazole rings is 1. The zero-order valence-electron chi connectivity index (χ0n) is 16.9. The summed E-state index contributed by atoms with van der Waals surface area (Å²) in [6.07, 6.45) is 0. The smallest absolute Gasteiger partial charge is 0.326 e. The maximum Gasteiger partial charge on any atom is 0.326 e. The average Bonchev–Trinajstić information content (AvgIpc) is 3.31. The molecular weight excluding hydrogens is 484 g/mol. The van der Waals surface area contributed by atoms with Crippen molar-refractivity contribution in [2.45, 2.75) is 20.4 Å². The molecule has 7 nitrogen and oxygen atoms in total. The summed E-state index contributed by atoms with van der Waals surface area (Å²) in [6, 6.07) is 12.8. The molecule has 0 spiro atoms. The lowest BCUT2D eigenvalue weighted by Crippen LogP contribution is -2.23. The molecule has 0 fully saturated rings. The second-order valence-corrected chi connectivity index (χ2v) is 8.45. The van der Waals surface area contributed by atoms with Gasteiger partial charge in [-0.25, -0.2) is 0 Å². The molecule has 0 aliphatic rings. The summed E-state index contributed by atoms with van der Waals surface area (Å²) < 4.78 is 19.9. The van der Waals surface area contributed by atoms with E-state index in [-0.39, 0.29) is 18.9 Å². The fourth-order valence-electron chi connectivity index (χ4n) is 3.17. The van der Waals surface area contributed by atoms with Gasteiger partial charge >= 0.3 is 11.9 Å². The summed E-state index contributed by atoms with van der Waals surface area (Å²) in [5.41, 5.74) is 1.29. The standard InChI is InChI=1S/C22H19BrN2O5S/c1-3-28-16-7-5-6-13-10-17(30-20(13)16)21(27)24-22-25(12-19(26)29-4-2)15-9-8-14(23)11-18(15)31-22/h5-11H,3-4,12H2,1-2H3. The van der Waals surface area contributed by atoms with Crippen LogP contribution in [0.25, 0.3) is 21.2 Å². The van der Waals surface area contributed by atoms with Crippen LogP contribution < -0.4 is 9.54 Å². The van der Waals surface area contributed by atoms with E-state index >= 15 is 0 Å². The molecule has 0 aliphatic heterocycles. The van der Waals surface area contributed by atoms with Crippen LogP contribution in [0.1, 0.15) is 24.4 Å². The number of ether oxygens (including phenoxy) is 2. The topological polar surface area (TPSA) is 83.0 Å². The Labute approximate surface area is 190 Å². The van der Waals surface area contributed by atoms with Crippen molar-refractivity contribution >= 4 is 60.3 Å². The maximum absolute atomic E-state index is 12.9. The van der Waals surface area contributed by atoms with E-state index < -0.39 is 11.9 Å². The molecule has 160 valence electrons. The number of carbonyl (C=O) groups excluding carboxylic acids is 2. The minimum Gasteiger partial charge on any atom is -0.490 e. The quantitative estimate of drug-likeness (QED) is 0.349. The number of para-hydroxylation sites is 1. The molecule has 2 aromatic heterocycles. The third-order valence-electron chi connectivity index (χ3n) is 4.45. The van der Waals surface area contributed by atoms with Gasteiger partial charge in [-0.3, -0.25) is 9.59 Å². The van der Waals surface area contributed by atoms with Crippen LogP contribution in [0.5, 0.6) is 5.75 Å². The van der Waals surface area contributed by atoms with Crippen molar-refractivity contribution < 1.29 is 23.5 Å². The molecule has 0 saturated carbocycles. The minimum atomic E-state index is -0.540. The third-order valence-corrected chi connectivity index (χ3v) is 5.99. The largest absolute Gasteiger partial charge is 0.490 e. The van der Waals surface area contributed by atoms with Gasteiger partial charge in [0, 0.05) is 9.86 Å². The summed E-state index contributed by atoms with van der Waals surface area (Å²) in [7, 11) is 0. The first kappa shape index (κ1) is 21.3. The molecule has 4 aromatic rings. The van der Waals surface area contributed by atoms with Crippen molar-refractivity contribution in [1.29, 1.82) is 0 Å². The second-order valence-electron chi connectivity index (χ2n) is 6.52. The van der Waals surface area contributed by atoms with Crippen LogP contribution in [0.2, 0.25) is 0 Å². The highest BCUT2D eigenvalue weighted by Crippen LogP contribution is 2.29. The number of fused-ring (bicyclic) bond motifs is 2. The van der Waals surface area contributed by atoms with E-state index in [1.807, 2.05) is 37.3 Å². The van der Waals surface area contributed by atoms with Crippen LogP contribution in [0, 0.1) is 0 Å². The third kappa shape index (κ3) is 4.42. The number of hydrogen-bond acceptors (Lipinski definition) is 6. The Balaban J connectivity index is 1.79. The molecule has 0 atom stereocenters. The van der Waals surface area contributed by atoms with Crippen molar-refractivity contribution in [1.82, 2.24) is 4.57 Å². The summed E-state index contributed by atoms with van der Waals surface area (Å²) >= 11 is 4.76. The summed E-state index contributed by atoms with van der Waals surface area (Å²) in [5.74, 6) is -0.266. The fourth-order valence-corrected chi connectivity index (χ4v) is 4.75. The molecule has 0 unspecified atom stereocenters. The Kier molecular flexibility index (Phi) is 6.24. The number of hydrogen-bond donors (Lipinski definition) is 0. The predicted octanol–water partition coefficient (Wildman–Crippen LogP) is 4.91. The van der Waals surface area contributed by atoms with Crippen LogP contribution in [-0.4, -0.2) is 29.7 Å². The van der Waals surface area contributed by atoms with E-state index in [4.69, 9.17) is 13.9 Å². The monoisotopic (exact) mass is 502 g/mol. The molecule has 4 rings (SSSR count). The molecule has 2 aromatic carbocycles. The Bertz CT molecular complexity index is 1350. The molecule has 1 amide bonds. The lowest BCUT2D eigenvalue weighted by atomic mass is 10.2. The number of esters is 1. The van der Waals surface area contributed by atoms with Gasteiger partial charge in [0.1, 0.15) is 6.54 Å². The van der Waals surface area contributed by atoms with Gasteiger partial charge in [-0.15, -0.1) is 0 Å². The minimum absolute atomic E-state index is 0.0454. The highest BCUT2D eigenvalue weighted by atomic mass is 79.9. The van der Waals surface area contributed by atoms with Crippen LogP contribution in [-0.2, 0) is 16.1 Å². The van der Waals surface area contributed by atoms with Crippen molar-refractivity contribution in [2.24, 2.45) is 4.99 Å². The van der Waals surface area contributed by atoms with E-state index in [0.717, 1.165) is 20.1 Å². The Hall–Kier alpha value is -2.91. The Morgan fingerprint density at radius 1 is 1.16 bits per heavy atom.